The van der Waals surface area contributed by atoms with Gasteiger partial charge in [-0.25, -0.2) is 13.2 Å². The lowest BCUT2D eigenvalue weighted by Gasteiger charge is -2.03. The fourth-order valence-electron chi connectivity index (χ4n) is 1.21. The average molecular weight is 352 g/mol. The van der Waals surface area contributed by atoms with Crippen LogP contribution in [0.4, 0.5) is 18.3 Å². The Morgan fingerprint density at radius 1 is 1.37 bits per heavy atom. The van der Waals surface area contributed by atoms with Crippen molar-refractivity contribution in [3.63, 3.8) is 0 Å². The Kier molecular flexibility index (Phi) is 4.15. The van der Waals surface area contributed by atoms with Crippen LogP contribution >= 0.6 is 27.3 Å². The molecule has 1 N–H and O–H groups in total. The molecule has 9 heteroatoms. The number of nitrogens with zero attached hydrogens (tertiary/aromatic N) is 2. The number of benzene rings is 1. The molecule has 0 spiro atoms. The highest BCUT2D eigenvalue weighted by Crippen LogP contribution is 2.26. The quantitative estimate of drug-likeness (QED) is 0.918. The van der Waals surface area contributed by atoms with Crippen LogP contribution in [-0.2, 0) is 0 Å². The number of carbonyl (C=O) groups is 1. The maximum atomic E-state index is 13.0. The summed E-state index contributed by atoms with van der Waals surface area (Å²) in [6, 6.07) is 3.57. The van der Waals surface area contributed by atoms with E-state index in [0.29, 0.717) is 15.8 Å². The molecule has 1 heterocycles. The van der Waals surface area contributed by atoms with E-state index in [-0.39, 0.29) is 10.7 Å². The van der Waals surface area contributed by atoms with E-state index in [2.05, 4.69) is 31.4 Å². The van der Waals surface area contributed by atoms with Crippen LogP contribution in [0, 0.1) is 5.82 Å². The lowest BCUT2D eigenvalue weighted by atomic mass is 10.2. The summed E-state index contributed by atoms with van der Waals surface area (Å²) in [6.07, 6.45) is -2.75. The van der Waals surface area contributed by atoms with Crippen molar-refractivity contribution < 1.29 is 18.0 Å². The molecule has 4 nitrogen and oxygen atoms in total. The number of alkyl halides is 2. The van der Waals surface area contributed by atoms with Crippen LogP contribution in [0.1, 0.15) is 21.8 Å². The Morgan fingerprint density at radius 2 is 2.11 bits per heavy atom. The van der Waals surface area contributed by atoms with Gasteiger partial charge in [0.15, 0.2) is 5.01 Å². The minimum atomic E-state index is -2.75. The maximum Gasteiger partial charge on any atom is 0.291 e. The minimum Gasteiger partial charge on any atom is -0.296 e. The molecule has 0 unspecified atom stereocenters. The zero-order valence-electron chi connectivity index (χ0n) is 9.03. The maximum absolute atomic E-state index is 13.0. The van der Waals surface area contributed by atoms with Crippen LogP contribution in [0.15, 0.2) is 22.7 Å². The predicted molar refractivity (Wildman–Crippen MR) is 66.9 cm³/mol. The molecule has 1 aromatic carbocycles. The van der Waals surface area contributed by atoms with Gasteiger partial charge < -0.3 is 0 Å². The number of nitrogens with one attached hydrogen (secondary N) is 1. The predicted octanol–water partition coefficient (Wildman–Crippen LogP) is 3.63. The minimum absolute atomic E-state index is 0.0359. The second-order valence-electron chi connectivity index (χ2n) is 3.32. The number of rotatable bonds is 3. The van der Waals surface area contributed by atoms with Gasteiger partial charge in [-0.1, -0.05) is 11.3 Å². The van der Waals surface area contributed by atoms with Gasteiger partial charge in [0.25, 0.3) is 12.3 Å². The van der Waals surface area contributed by atoms with E-state index in [0.717, 1.165) is 6.07 Å². The number of hydrogen-bond donors (Lipinski definition) is 1. The molecule has 19 heavy (non-hydrogen) atoms. The van der Waals surface area contributed by atoms with E-state index in [9.17, 15) is 18.0 Å². The van der Waals surface area contributed by atoms with Gasteiger partial charge in [0, 0.05) is 4.47 Å². The van der Waals surface area contributed by atoms with Gasteiger partial charge in [-0.2, -0.15) is 0 Å². The standard InChI is InChI=1S/C10H5BrF3N3OS/c11-6-2-1-4(12)3-5(6)8(18)15-10-17-16-9(19-10)7(13)14/h1-3,7H,(H,15,17,18). The summed E-state index contributed by atoms with van der Waals surface area (Å²) in [7, 11) is 0. The van der Waals surface area contributed by atoms with Gasteiger partial charge in [0.05, 0.1) is 5.56 Å². The summed E-state index contributed by atoms with van der Waals surface area (Å²) < 4.78 is 38.0. The zero-order valence-corrected chi connectivity index (χ0v) is 11.4. The number of hydrogen-bond acceptors (Lipinski definition) is 4. The van der Waals surface area contributed by atoms with Crippen molar-refractivity contribution >= 4 is 38.3 Å². The monoisotopic (exact) mass is 351 g/mol. The fourth-order valence-corrected chi connectivity index (χ4v) is 2.23. The van der Waals surface area contributed by atoms with E-state index in [1.165, 1.54) is 12.1 Å². The average Bonchev–Trinajstić information content (AvgIpc) is 2.80. The highest BCUT2D eigenvalue weighted by atomic mass is 79.9. The molecule has 0 aliphatic rings. The van der Waals surface area contributed by atoms with Crippen molar-refractivity contribution in [2.75, 3.05) is 5.32 Å². The van der Waals surface area contributed by atoms with Gasteiger partial charge in [-0.15, -0.1) is 10.2 Å². The SMILES string of the molecule is O=C(Nc1nnc(C(F)F)s1)c1cc(F)ccc1Br. The first-order chi connectivity index (χ1) is 8.97. The number of anilines is 1. The van der Waals surface area contributed by atoms with Crippen LogP contribution in [0.2, 0.25) is 0 Å². The fraction of sp³-hybridized carbons (Fsp3) is 0.100. The van der Waals surface area contributed by atoms with Crippen molar-refractivity contribution in [2.45, 2.75) is 6.43 Å². The smallest absolute Gasteiger partial charge is 0.291 e. The van der Waals surface area contributed by atoms with E-state index in [4.69, 9.17) is 0 Å². The van der Waals surface area contributed by atoms with E-state index in [1.54, 1.807) is 0 Å². The molecule has 100 valence electrons. The highest BCUT2D eigenvalue weighted by molar-refractivity contribution is 9.10. The first kappa shape index (κ1) is 13.9. The molecule has 0 aliphatic heterocycles. The third-order valence-corrected chi connectivity index (χ3v) is 3.56. The molecule has 0 atom stereocenters. The highest BCUT2D eigenvalue weighted by Gasteiger charge is 2.17. The van der Waals surface area contributed by atoms with E-state index >= 15 is 0 Å². The molecule has 1 aromatic heterocycles. The van der Waals surface area contributed by atoms with Crippen LogP contribution in [0.3, 0.4) is 0 Å². The number of halogens is 4. The van der Waals surface area contributed by atoms with Crippen LogP contribution in [0.5, 0.6) is 0 Å². The number of aromatic nitrogens is 2. The molecule has 2 aromatic rings. The summed E-state index contributed by atoms with van der Waals surface area (Å²) in [5.41, 5.74) is 0.0359. The Hall–Kier alpha value is -1.48. The number of amides is 1. The first-order valence-electron chi connectivity index (χ1n) is 4.85. The summed E-state index contributed by atoms with van der Waals surface area (Å²) in [4.78, 5) is 11.8. The summed E-state index contributed by atoms with van der Waals surface area (Å²) >= 11 is 3.65. The molecule has 0 saturated carbocycles. The Balaban J connectivity index is 2.18. The Morgan fingerprint density at radius 3 is 2.74 bits per heavy atom. The van der Waals surface area contributed by atoms with E-state index < -0.39 is 23.2 Å². The van der Waals surface area contributed by atoms with Crippen molar-refractivity contribution in [1.82, 2.24) is 10.2 Å². The third-order valence-electron chi connectivity index (χ3n) is 2.02. The Labute approximate surface area is 117 Å². The van der Waals surface area contributed by atoms with Gasteiger partial charge >= 0.3 is 0 Å². The van der Waals surface area contributed by atoms with Gasteiger partial charge in [-0.05, 0) is 34.1 Å². The normalized spacial score (nSPS) is 10.8. The molecular formula is C10H5BrF3N3OS. The largest absolute Gasteiger partial charge is 0.296 e. The second kappa shape index (κ2) is 5.66. The topological polar surface area (TPSA) is 54.9 Å². The lowest BCUT2D eigenvalue weighted by Crippen LogP contribution is -2.12. The van der Waals surface area contributed by atoms with Crippen LogP contribution < -0.4 is 5.32 Å². The summed E-state index contributed by atoms with van der Waals surface area (Å²) in [5, 5.41) is 8.34. The van der Waals surface area contributed by atoms with Crippen molar-refractivity contribution in [1.29, 1.82) is 0 Å². The molecule has 0 fully saturated rings. The molecule has 0 bridgehead atoms. The first-order valence-corrected chi connectivity index (χ1v) is 6.46. The molecule has 0 saturated heterocycles. The van der Waals surface area contributed by atoms with Gasteiger partial charge in [0.2, 0.25) is 5.13 Å². The molecule has 0 radical (unpaired) electrons. The second-order valence-corrected chi connectivity index (χ2v) is 5.19. The van der Waals surface area contributed by atoms with E-state index in [1.807, 2.05) is 0 Å². The molecule has 1 amide bonds. The lowest BCUT2D eigenvalue weighted by molar-refractivity contribution is 0.102. The van der Waals surface area contributed by atoms with Crippen molar-refractivity contribution in [3.05, 3.63) is 39.1 Å². The third kappa shape index (κ3) is 3.29. The zero-order chi connectivity index (χ0) is 14.0. The molecular weight excluding hydrogens is 347 g/mol. The van der Waals surface area contributed by atoms with Gasteiger partial charge in [-0.3, -0.25) is 10.1 Å². The summed E-state index contributed by atoms with van der Waals surface area (Å²) in [5.74, 6) is -1.25. The number of carbonyl (C=O) groups excluding carboxylic acids is 1. The Bertz CT molecular complexity index is 620. The molecule has 0 aliphatic carbocycles. The summed E-state index contributed by atoms with van der Waals surface area (Å²) in [6.45, 7) is 0. The van der Waals surface area contributed by atoms with Crippen molar-refractivity contribution in [2.24, 2.45) is 0 Å². The van der Waals surface area contributed by atoms with Crippen LogP contribution in [0.25, 0.3) is 0 Å². The van der Waals surface area contributed by atoms with Crippen molar-refractivity contribution in [3.8, 4) is 0 Å². The van der Waals surface area contributed by atoms with Gasteiger partial charge in [0.1, 0.15) is 5.82 Å². The molecule has 2 rings (SSSR count). The van der Waals surface area contributed by atoms with Crippen LogP contribution in [-0.4, -0.2) is 16.1 Å².